The van der Waals surface area contributed by atoms with E-state index in [-0.39, 0.29) is 6.10 Å². The van der Waals surface area contributed by atoms with Crippen LogP contribution in [0.15, 0.2) is 0 Å². The van der Waals surface area contributed by atoms with Gasteiger partial charge in [0.2, 0.25) is 0 Å². The summed E-state index contributed by atoms with van der Waals surface area (Å²) in [5.41, 5.74) is 0. The topological polar surface area (TPSA) is 32.3 Å². The summed E-state index contributed by atoms with van der Waals surface area (Å²) in [6.07, 6.45) is 4.41. The molecule has 12 heavy (non-hydrogen) atoms. The monoisotopic (exact) mass is 171 g/mol. The number of aliphatic hydroxyl groups is 1. The van der Waals surface area contributed by atoms with E-state index in [0.717, 1.165) is 25.4 Å². The minimum atomic E-state index is -0.101. The second-order valence-corrected chi connectivity index (χ2v) is 4.30. The van der Waals surface area contributed by atoms with Crippen molar-refractivity contribution in [1.29, 1.82) is 0 Å². The van der Waals surface area contributed by atoms with Crippen molar-refractivity contribution >= 4 is 0 Å². The van der Waals surface area contributed by atoms with E-state index in [9.17, 15) is 5.11 Å². The van der Waals surface area contributed by atoms with Gasteiger partial charge in [0.05, 0.1) is 6.10 Å². The molecule has 1 aliphatic carbocycles. The van der Waals surface area contributed by atoms with Crippen molar-refractivity contribution in [1.82, 2.24) is 5.32 Å². The average Bonchev–Trinajstić information content (AvgIpc) is 2.69. The first-order valence-corrected chi connectivity index (χ1v) is 5.10. The maximum absolute atomic E-state index is 9.51. The van der Waals surface area contributed by atoms with Crippen LogP contribution in [0.3, 0.4) is 0 Å². The molecule has 0 aromatic heterocycles. The lowest BCUT2D eigenvalue weighted by Crippen LogP contribution is -2.22. The van der Waals surface area contributed by atoms with Crippen molar-refractivity contribution in [2.75, 3.05) is 6.54 Å². The molecule has 1 fully saturated rings. The molecule has 72 valence electrons. The Bertz CT molecular complexity index is 121. The van der Waals surface area contributed by atoms with Gasteiger partial charge in [-0.2, -0.15) is 0 Å². The van der Waals surface area contributed by atoms with Gasteiger partial charge in [-0.3, -0.25) is 0 Å². The molecule has 2 heteroatoms. The summed E-state index contributed by atoms with van der Waals surface area (Å²) in [5.74, 6) is 0.612. The van der Waals surface area contributed by atoms with Gasteiger partial charge in [0.1, 0.15) is 0 Å². The fraction of sp³-hybridized carbons (Fsp3) is 1.00. The van der Waals surface area contributed by atoms with Gasteiger partial charge in [-0.15, -0.1) is 0 Å². The lowest BCUT2D eigenvalue weighted by Gasteiger charge is -2.12. The van der Waals surface area contributed by atoms with Crippen LogP contribution >= 0.6 is 0 Å². The summed E-state index contributed by atoms with van der Waals surface area (Å²) in [7, 11) is 0. The van der Waals surface area contributed by atoms with Crippen molar-refractivity contribution in [2.45, 2.75) is 51.7 Å². The van der Waals surface area contributed by atoms with E-state index < -0.39 is 0 Å². The Morgan fingerprint density at radius 2 is 2.08 bits per heavy atom. The number of aliphatic hydroxyl groups excluding tert-OH is 1. The molecule has 0 bridgehead atoms. The van der Waals surface area contributed by atoms with E-state index in [4.69, 9.17) is 0 Å². The summed E-state index contributed by atoms with van der Waals surface area (Å²) in [6, 6.07) is 0.774. The quantitative estimate of drug-likeness (QED) is 0.635. The Morgan fingerprint density at radius 3 is 2.58 bits per heavy atom. The van der Waals surface area contributed by atoms with Gasteiger partial charge >= 0.3 is 0 Å². The largest absolute Gasteiger partial charge is 0.393 e. The fourth-order valence-electron chi connectivity index (χ4n) is 1.40. The second kappa shape index (κ2) is 4.83. The predicted molar refractivity (Wildman–Crippen MR) is 51.1 cm³/mol. The molecule has 0 heterocycles. The Balaban J connectivity index is 1.89. The molecule has 0 amide bonds. The number of nitrogens with one attached hydrogen (secondary N) is 1. The average molecular weight is 171 g/mol. The molecular formula is C10H21NO. The molecule has 1 unspecified atom stereocenters. The lowest BCUT2D eigenvalue weighted by atomic mass is 10.0. The SMILES string of the molecule is CC(C)CC(O)CCNC1CC1. The third-order valence-corrected chi connectivity index (χ3v) is 2.23. The molecule has 0 aromatic carbocycles. The lowest BCUT2D eigenvalue weighted by molar-refractivity contribution is 0.139. The maximum atomic E-state index is 9.51. The Hall–Kier alpha value is -0.0800. The summed E-state index contributed by atoms with van der Waals surface area (Å²) >= 11 is 0. The van der Waals surface area contributed by atoms with Crippen LogP contribution in [0.5, 0.6) is 0 Å². The third kappa shape index (κ3) is 4.73. The summed E-state index contributed by atoms with van der Waals surface area (Å²) in [6.45, 7) is 5.29. The van der Waals surface area contributed by atoms with Gasteiger partial charge in [-0.1, -0.05) is 13.8 Å². The molecule has 1 rings (SSSR count). The summed E-state index contributed by atoms with van der Waals surface area (Å²) in [4.78, 5) is 0. The van der Waals surface area contributed by atoms with Crippen molar-refractivity contribution in [3.05, 3.63) is 0 Å². The van der Waals surface area contributed by atoms with E-state index in [1.165, 1.54) is 12.8 Å². The van der Waals surface area contributed by atoms with Gasteiger partial charge in [0.15, 0.2) is 0 Å². The Labute approximate surface area is 75.4 Å². The van der Waals surface area contributed by atoms with Crippen LogP contribution in [0.25, 0.3) is 0 Å². The fourth-order valence-corrected chi connectivity index (χ4v) is 1.40. The highest BCUT2D eigenvalue weighted by Crippen LogP contribution is 2.18. The minimum absolute atomic E-state index is 0.101. The van der Waals surface area contributed by atoms with Crippen molar-refractivity contribution in [3.63, 3.8) is 0 Å². The van der Waals surface area contributed by atoms with Crippen molar-refractivity contribution < 1.29 is 5.11 Å². The normalized spacial score (nSPS) is 20.0. The van der Waals surface area contributed by atoms with Crippen LogP contribution in [0.2, 0.25) is 0 Å². The van der Waals surface area contributed by atoms with Crippen LogP contribution in [0, 0.1) is 5.92 Å². The molecule has 2 nitrogen and oxygen atoms in total. The van der Waals surface area contributed by atoms with E-state index in [0.29, 0.717) is 5.92 Å². The minimum Gasteiger partial charge on any atom is -0.393 e. The maximum Gasteiger partial charge on any atom is 0.0554 e. The zero-order valence-electron chi connectivity index (χ0n) is 8.21. The molecule has 0 saturated heterocycles. The summed E-state index contributed by atoms with van der Waals surface area (Å²) in [5, 5.41) is 12.9. The number of rotatable bonds is 6. The smallest absolute Gasteiger partial charge is 0.0554 e. The molecule has 2 N–H and O–H groups in total. The molecule has 0 aliphatic heterocycles. The van der Waals surface area contributed by atoms with Gasteiger partial charge in [0.25, 0.3) is 0 Å². The van der Waals surface area contributed by atoms with Gasteiger partial charge in [-0.05, 0) is 38.1 Å². The highest BCUT2D eigenvalue weighted by Gasteiger charge is 2.20. The van der Waals surface area contributed by atoms with E-state index >= 15 is 0 Å². The van der Waals surface area contributed by atoms with Crippen LogP contribution in [-0.2, 0) is 0 Å². The first-order chi connectivity index (χ1) is 5.68. The van der Waals surface area contributed by atoms with Crippen LogP contribution in [0.4, 0.5) is 0 Å². The highest BCUT2D eigenvalue weighted by atomic mass is 16.3. The van der Waals surface area contributed by atoms with Gasteiger partial charge < -0.3 is 10.4 Å². The predicted octanol–water partition coefficient (Wildman–Crippen LogP) is 1.54. The van der Waals surface area contributed by atoms with Crippen LogP contribution in [0.1, 0.15) is 39.5 Å². The first kappa shape index (κ1) is 10.0. The van der Waals surface area contributed by atoms with Crippen molar-refractivity contribution in [2.24, 2.45) is 5.92 Å². The zero-order chi connectivity index (χ0) is 8.97. The second-order valence-electron chi connectivity index (χ2n) is 4.30. The molecule has 0 aromatic rings. The summed E-state index contributed by atoms with van der Waals surface area (Å²) < 4.78 is 0. The molecule has 0 radical (unpaired) electrons. The zero-order valence-corrected chi connectivity index (χ0v) is 8.21. The molecule has 1 aliphatic rings. The van der Waals surface area contributed by atoms with Gasteiger partial charge in [0, 0.05) is 6.04 Å². The first-order valence-electron chi connectivity index (χ1n) is 5.10. The molecule has 0 spiro atoms. The number of hydrogen-bond acceptors (Lipinski definition) is 2. The van der Waals surface area contributed by atoms with E-state index in [1.807, 2.05) is 0 Å². The Kier molecular flexibility index (Phi) is 4.02. The van der Waals surface area contributed by atoms with Crippen LogP contribution < -0.4 is 5.32 Å². The highest BCUT2D eigenvalue weighted by molar-refractivity contribution is 4.80. The van der Waals surface area contributed by atoms with E-state index in [2.05, 4.69) is 19.2 Å². The van der Waals surface area contributed by atoms with Crippen LogP contribution in [-0.4, -0.2) is 23.8 Å². The van der Waals surface area contributed by atoms with E-state index in [1.54, 1.807) is 0 Å². The molecular weight excluding hydrogens is 150 g/mol. The number of hydrogen-bond donors (Lipinski definition) is 2. The standard InChI is InChI=1S/C10H21NO/c1-8(2)7-10(12)5-6-11-9-3-4-9/h8-12H,3-7H2,1-2H3. The Morgan fingerprint density at radius 1 is 1.42 bits per heavy atom. The van der Waals surface area contributed by atoms with Crippen molar-refractivity contribution in [3.8, 4) is 0 Å². The molecule has 1 saturated carbocycles. The third-order valence-electron chi connectivity index (χ3n) is 2.23. The van der Waals surface area contributed by atoms with Gasteiger partial charge in [-0.25, -0.2) is 0 Å². The molecule has 1 atom stereocenters.